The van der Waals surface area contributed by atoms with Crippen LogP contribution in [0.3, 0.4) is 0 Å². The van der Waals surface area contributed by atoms with Crippen molar-refractivity contribution < 1.29 is 4.74 Å². The van der Waals surface area contributed by atoms with Gasteiger partial charge in [0.1, 0.15) is 0 Å². The Labute approximate surface area is 94.8 Å². The third kappa shape index (κ3) is 3.91. The van der Waals surface area contributed by atoms with Crippen LogP contribution in [0.5, 0.6) is 0 Å². The highest BCUT2D eigenvalue weighted by molar-refractivity contribution is 7.07. The standard InChI is InChI=1S/C11H18N2OS/c1(11-8-13-4-5-14-11)3-12-7-10-2-6-15-9-10/h2,6,9,11-13H,1,3-5,7-8H2. The van der Waals surface area contributed by atoms with Crippen LogP contribution in [0, 0.1) is 0 Å². The van der Waals surface area contributed by atoms with E-state index in [0.29, 0.717) is 6.10 Å². The zero-order valence-corrected chi connectivity index (χ0v) is 9.69. The van der Waals surface area contributed by atoms with Gasteiger partial charge in [-0.05, 0) is 35.4 Å². The molecule has 0 saturated carbocycles. The molecule has 0 radical (unpaired) electrons. The molecule has 2 rings (SSSR count). The van der Waals surface area contributed by atoms with Crippen molar-refractivity contribution in [3.8, 4) is 0 Å². The predicted octanol–water partition coefficient (Wildman–Crippen LogP) is 1.22. The first-order valence-electron chi connectivity index (χ1n) is 5.49. The number of hydrogen-bond acceptors (Lipinski definition) is 4. The second kappa shape index (κ2) is 6.23. The highest BCUT2D eigenvalue weighted by Gasteiger charge is 2.11. The first-order chi connectivity index (χ1) is 7.45. The predicted molar refractivity (Wildman–Crippen MR) is 63.3 cm³/mol. The van der Waals surface area contributed by atoms with Crippen LogP contribution in [0.2, 0.25) is 0 Å². The summed E-state index contributed by atoms with van der Waals surface area (Å²) >= 11 is 1.75. The number of thiophene rings is 1. The summed E-state index contributed by atoms with van der Waals surface area (Å²) in [7, 11) is 0. The van der Waals surface area contributed by atoms with E-state index in [2.05, 4.69) is 27.5 Å². The molecular formula is C11H18N2OS. The Bertz CT molecular complexity index is 258. The van der Waals surface area contributed by atoms with E-state index >= 15 is 0 Å². The molecule has 2 heterocycles. The lowest BCUT2D eigenvalue weighted by molar-refractivity contribution is 0.0238. The van der Waals surface area contributed by atoms with E-state index in [9.17, 15) is 0 Å². The molecular weight excluding hydrogens is 208 g/mol. The minimum absolute atomic E-state index is 0.397. The first kappa shape index (κ1) is 11.1. The lowest BCUT2D eigenvalue weighted by Crippen LogP contribution is -2.39. The van der Waals surface area contributed by atoms with Gasteiger partial charge in [-0.3, -0.25) is 0 Å². The maximum atomic E-state index is 5.61. The van der Waals surface area contributed by atoms with Crippen LogP contribution in [-0.2, 0) is 11.3 Å². The van der Waals surface area contributed by atoms with E-state index in [1.165, 1.54) is 5.56 Å². The summed E-state index contributed by atoms with van der Waals surface area (Å²) in [5, 5.41) is 11.1. The topological polar surface area (TPSA) is 33.3 Å². The van der Waals surface area contributed by atoms with E-state index in [4.69, 9.17) is 4.74 Å². The van der Waals surface area contributed by atoms with Crippen molar-refractivity contribution in [3.63, 3.8) is 0 Å². The molecule has 15 heavy (non-hydrogen) atoms. The molecule has 0 spiro atoms. The molecule has 0 aliphatic carbocycles. The number of morpholine rings is 1. The average Bonchev–Trinajstić information content (AvgIpc) is 2.79. The van der Waals surface area contributed by atoms with Gasteiger partial charge in [-0.25, -0.2) is 0 Å². The minimum Gasteiger partial charge on any atom is -0.376 e. The van der Waals surface area contributed by atoms with Crippen LogP contribution in [0.15, 0.2) is 16.8 Å². The van der Waals surface area contributed by atoms with Gasteiger partial charge in [-0.1, -0.05) is 0 Å². The van der Waals surface area contributed by atoms with Crippen molar-refractivity contribution >= 4 is 11.3 Å². The molecule has 2 N–H and O–H groups in total. The normalized spacial score (nSPS) is 21.7. The van der Waals surface area contributed by atoms with Gasteiger partial charge in [0.25, 0.3) is 0 Å². The van der Waals surface area contributed by atoms with E-state index < -0.39 is 0 Å². The first-order valence-corrected chi connectivity index (χ1v) is 6.43. The maximum absolute atomic E-state index is 5.61. The number of ether oxygens (including phenoxy) is 1. The molecule has 0 bridgehead atoms. The Morgan fingerprint density at radius 2 is 2.60 bits per heavy atom. The van der Waals surface area contributed by atoms with Crippen LogP contribution in [0.1, 0.15) is 12.0 Å². The van der Waals surface area contributed by atoms with Crippen molar-refractivity contribution in [3.05, 3.63) is 22.4 Å². The van der Waals surface area contributed by atoms with Crippen LogP contribution in [0.25, 0.3) is 0 Å². The molecule has 1 aliphatic rings. The maximum Gasteiger partial charge on any atom is 0.0712 e. The zero-order chi connectivity index (χ0) is 10.3. The van der Waals surface area contributed by atoms with Crippen molar-refractivity contribution in [2.75, 3.05) is 26.2 Å². The molecule has 0 aromatic carbocycles. The summed E-state index contributed by atoms with van der Waals surface area (Å²) in [6.45, 7) is 4.86. The fourth-order valence-electron chi connectivity index (χ4n) is 1.69. The molecule has 1 atom stereocenters. The van der Waals surface area contributed by atoms with Crippen LogP contribution >= 0.6 is 11.3 Å². The minimum atomic E-state index is 0.397. The van der Waals surface area contributed by atoms with Gasteiger partial charge >= 0.3 is 0 Å². The van der Waals surface area contributed by atoms with Crippen molar-refractivity contribution in [1.82, 2.24) is 10.6 Å². The fourth-order valence-corrected chi connectivity index (χ4v) is 2.36. The second-order valence-electron chi connectivity index (χ2n) is 3.79. The fraction of sp³-hybridized carbons (Fsp3) is 0.636. The highest BCUT2D eigenvalue weighted by atomic mass is 32.1. The summed E-state index contributed by atoms with van der Waals surface area (Å²) in [5.74, 6) is 0. The average molecular weight is 226 g/mol. The van der Waals surface area contributed by atoms with Crippen molar-refractivity contribution in [2.24, 2.45) is 0 Å². The quantitative estimate of drug-likeness (QED) is 0.741. The molecule has 1 aromatic rings. The Morgan fingerprint density at radius 3 is 3.33 bits per heavy atom. The number of rotatable bonds is 5. The third-order valence-electron chi connectivity index (χ3n) is 2.56. The Hall–Kier alpha value is -0.420. The Morgan fingerprint density at radius 1 is 1.60 bits per heavy atom. The summed E-state index contributed by atoms with van der Waals surface area (Å²) in [6, 6.07) is 2.16. The van der Waals surface area contributed by atoms with Gasteiger partial charge in [0.15, 0.2) is 0 Å². The molecule has 1 fully saturated rings. The van der Waals surface area contributed by atoms with Gasteiger partial charge in [-0.2, -0.15) is 11.3 Å². The van der Waals surface area contributed by atoms with E-state index in [1.807, 2.05) is 0 Å². The summed E-state index contributed by atoms with van der Waals surface area (Å²) in [5.41, 5.74) is 1.38. The largest absolute Gasteiger partial charge is 0.376 e. The molecule has 1 unspecified atom stereocenters. The number of hydrogen-bond donors (Lipinski definition) is 2. The molecule has 84 valence electrons. The van der Waals surface area contributed by atoms with E-state index in [-0.39, 0.29) is 0 Å². The summed E-state index contributed by atoms with van der Waals surface area (Å²) in [4.78, 5) is 0. The highest BCUT2D eigenvalue weighted by Crippen LogP contribution is 2.05. The van der Waals surface area contributed by atoms with E-state index in [0.717, 1.165) is 39.2 Å². The zero-order valence-electron chi connectivity index (χ0n) is 8.87. The second-order valence-corrected chi connectivity index (χ2v) is 4.57. The molecule has 3 nitrogen and oxygen atoms in total. The van der Waals surface area contributed by atoms with Crippen LogP contribution in [-0.4, -0.2) is 32.3 Å². The Balaban J connectivity index is 1.54. The van der Waals surface area contributed by atoms with Crippen LogP contribution in [0.4, 0.5) is 0 Å². The van der Waals surface area contributed by atoms with Gasteiger partial charge in [0, 0.05) is 19.6 Å². The van der Waals surface area contributed by atoms with Gasteiger partial charge < -0.3 is 15.4 Å². The number of nitrogens with one attached hydrogen (secondary N) is 2. The lowest BCUT2D eigenvalue weighted by atomic mass is 10.2. The van der Waals surface area contributed by atoms with Crippen molar-refractivity contribution in [1.29, 1.82) is 0 Å². The van der Waals surface area contributed by atoms with E-state index in [1.54, 1.807) is 11.3 Å². The molecule has 1 aromatic heterocycles. The van der Waals surface area contributed by atoms with Crippen LogP contribution < -0.4 is 10.6 Å². The smallest absolute Gasteiger partial charge is 0.0712 e. The molecule has 0 amide bonds. The van der Waals surface area contributed by atoms with Gasteiger partial charge in [-0.15, -0.1) is 0 Å². The third-order valence-corrected chi connectivity index (χ3v) is 3.29. The molecule has 1 saturated heterocycles. The summed E-state index contributed by atoms with van der Waals surface area (Å²) < 4.78 is 5.61. The lowest BCUT2D eigenvalue weighted by Gasteiger charge is -2.23. The van der Waals surface area contributed by atoms with Gasteiger partial charge in [0.2, 0.25) is 0 Å². The SMILES string of the molecule is c1cc(CNCCC2CNCCO2)cs1. The molecule has 4 heteroatoms. The molecule has 1 aliphatic heterocycles. The van der Waals surface area contributed by atoms with Gasteiger partial charge in [0.05, 0.1) is 12.7 Å². The monoisotopic (exact) mass is 226 g/mol. The Kier molecular flexibility index (Phi) is 4.60. The summed E-state index contributed by atoms with van der Waals surface area (Å²) in [6.07, 6.45) is 1.49. The van der Waals surface area contributed by atoms with Crippen molar-refractivity contribution in [2.45, 2.75) is 19.1 Å².